The third-order valence-corrected chi connectivity index (χ3v) is 3.35. The number of ether oxygens (including phenoxy) is 1. The highest BCUT2D eigenvalue weighted by molar-refractivity contribution is 5.89. The number of hydrogen-bond acceptors (Lipinski definition) is 3. The van der Waals surface area contributed by atoms with Crippen molar-refractivity contribution < 1.29 is 18.7 Å². The van der Waals surface area contributed by atoms with Crippen LogP contribution >= 0.6 is 0 Å². The molecule has 1 N–H and O–H groups in total. The topological polar surface area (TPSA) is 55.4 Å². The molecule has 23 heavy (non-hydrogen) atoms. The molecule has 120 valence electrons. The molecule has 1 unspecified atom stereocenters. The van der Waals surface area contributed by atoms with Crippen LogP contribution in [0.2, 0.25) is 0 Å². The second kappa shape index (κ2) is 7.54. The first-order chi connectivity index (χ1) is 11.0. The van der Waals surface area contributed by atoms with Crippen molar-refractivity contribution in [1.29, 1.82) is 0 Å². The van der Waals surface area contributed by atoms with E-state index in [4.69, 9.17) is 4.74 Å². The summed E-state index contributed by atoms with van der Waals surface area (Å²) < 4.78 is 18.3. The molecule has 1 atom stereocenters. The third kappa shape index (κ3) is 4.92. The van der Waals surface area contributed by atoms with E-state index in [0.29, 0.717) is 12.1 Å². The SMILES string of the molecule is CC(=O)NCc1ccc(C(=O)OC(C)c2ccc(F)cc2)cc1. The predicted octanol–water partition coefficient (Wildman–Crippen LogP) is 3.38. The standard InChI is InChI=1S/C18H18FNO3/c1-12(15-7-9-17(19)10-8-15)23-18(22)16-5-3-14(4-6-16)11-20-13(2)21/h3-10,12H,11H2,1-2H3,(H,20,21). The molecule has 2 aromatic carbocycles. The van der Waals surface area contributed by atoms with Gasteiger partial charge in [-0.25, -0.2) is 9.18 Å². The van der Waals surface area contributed by atoms with Gasteiger partial charge < -0.3 is 10.1 Å². The highest BCUT2D eigenvalue weighted by Gasteiger charge is 2.13. The lowest BCUT2D eigenvalue weighted by atomic mass is 10.1. The number of halogens is 1. The zero-order chi connectivity index (χ0) is 16.8. The molecule has 0 aliphatic carbocycles. The van der Waals surface area contributed by atoms with E-state index in [1.54, 1.807) is 43.3 Å². The van der Waals surface area contributed by atoms with E-state index in [0.717, 1.165) is 11.1 Å². The van der Waals surface area contributed by atoms with E-state index in [-0.39, 0.29) is 11.7 Å². The summed E-state index contributed by atoms with van der Waals surface area (Å²) in [4.78, 5) is 23.0. The first kappa shape index (κ1) is 16.7. The Labute approximate surface area is 134 Å². The van der Waals surface area contributed by atoms with Crippen LogP contribution in [0.4, 0.5) is 4.39 Å². The molecule has 5 heteroatoms. The maximum atomic E-state index is 12.9. The normalized spacial score (nSPS) is 11.6. The van der Waals surface area contributed by atoms with Crippen molar-refractivity contribution in [2.75, 3.05) is 0 Å². The second-order valence-electron chi connectivity index (χ2n) is 5.21. The van der Waals surface area contributed by atoms with Crippen LogP contribution < -0.4 is 5.32 Å². The minimum absolute atomic E-state index is 0.110. The van der Waals surface area contributed by atoms with E-state index in [2.05, 4.69) is 5.32 Å². The Hall–Kier alpha value is -2.69. The van der Waals surface area contributed by atoms with Gasteiger partial charge in [0.2, 0.25) is 5.91 Å². The van der Waals surface area contributed by atoms with Gasteiger partial charge in [0, 0.05) is 13.5 Å². The molecule has 0 aromatic heterocycles. The van der Waals surface area contributed by atoms with Gasteiger partial charge in [0.25, 0.3) is 0 Å². The molecule has 0 aliphatic heterocycles. The van der Waals surface area contributed by atoms with Crippen molar-refractivity contribution in [2.24, 2.45) is 0 Å². The summed E-state index contributed by atoms with van der Waals surface area (Å²) in [6, 6.07) is 12.7. The summed E-state index contributed by atoms with van der Waals surface area (Å²) in [5.74, 6) is -0.892. The molecule has 2 rings (SSSR count). The molecule has 0 aliphatic rings. The number of esters is 1. The van der Waals surface area contributed by atoms with Gasteiger partial charge >= 0.3 is 5.97 Å². The maximum absolute atomic E-state index is 12.9. The molecule has 0 saturated heterocycles. The van der Waals surface area contributed by atoms with Gasteiger partial charge in [-0.2, -0.15) is 0 Å². The lowest BCUT2D eigenvalue weighted by Crippen LogP contribution is -2.18. The minimum atomic E-state index is -0.470. The highest BCUT2D eigenvalue weighted by Crippen LogP contribution is 2.19. The molecule has 0 bridgehead atoms. The fourth-order valence-corrected chi connectivity index (χ4v) is 2.02. The Morgan fingerprint density at radius 1 is 1.09 bits per heavy atom. The van der Waals surface area contributed by atoms with Crippen LogP contribution in [-0.4, -0.2) is 11.9 Å². The Balaban J connectivity index is 1.97. The van der Waals surface area contributed by atoms with Gasteiger partial charge in [0.15, 0.2) is 0 Å². The summed E-state index contributed by atoms with van der Waals surface area (Å²) >= 11 is 0. The van der Waals surface area contributed by atoms with Gasteiger partial charge in [-0.05, 0) is 42.3 Å². The third-order valence-electron chi connectivity index (χ3n) is 3.35. The first-order valence-corrected chi connectivity index (χ1v) is 7.25. The fraction of sp³-hybridized carbons (Fsp3) is 0.222. The average Bonchev–Trinajstić information content (AvgIpc) is 2.54. The van der Waals surface area contributed by atoms with Crippen molar-refractivity contribution in [2.45, 2.75) is 26.5 Å². The van der Waals surface area contributed by atoms with Crippen molar-refractivity contribution in [3.63, 3.8) is 0 Å². The van der Waals surface area contributed by atoms with Crippen LogP contribution in [0.3, 0.4) is 0 Å². The van der Waals surface area contributed by atoms with Crippen LogP contribution in [0.25, 0.3) is 0 Å². The highest BCUT2D eigenvalue weighted by atomic mass is 19.1. The van der Waals surface area contributed by atoms with E-state index >= 15 is 0 Å². The minimum Gasteiger partial charge on any atom is -0.454 e. The molecule has 0 heterocycles. The van der Waals surface area contributed by atoms with Gasteiger partial charge in [-0.15, -0.1) is 0 Å². The first-order valence-electron chi connectivity index (χ1n) is 7.25. The smallest absolute Gasteiger partial charge is 0.338 e. The number of carbonyl (C=O) groups is 2. The van der Waals surface area contributed by atoms with E-state index in [1.807, 2.05) is 0 Å². The molecule has 0 radical (unpaired) electrons. The average molecular weight is 315 g/mol. The monoisotopic (exact) mass is 315 g/mol. The summed E-state index contributed by atoms with van der Waals surface area (Å²) in [7, 11) is 0. The van der Waals surface area contributed by atoms with Crippen molar-refractivity contribution >= 4 is 11.9 Å². The lowest BCUT2D eigenvalue weighted by Gasteiger charge is -2.14. The van der Waals surface area contributed by atoms with E-state index in [9.17, 15) is 14.0 Å². The Morgan fingerprint density at radius 2 is 1.70 bits per heavy atom. The number of nitrogens with one attached hydrogen (secondary N) is 1. The van der Waals surface area contributed by atoms with Gasteiger partial charge in [-0.3, -0.25) is 4.79 Å². The number of amides is 1. The van der Waals surface area contributed by atoms with Gasteiger partial charge in [-0.1, -0.05) is 24.3 Å². The van der Waals surface area contributed by atoms with Crippen LogP contribution in [0.5, 0.6) is 0 Å². The maximum Gasteiger partial charge on any atom is 0.338 e. The van der Waals surface area contributed by atoms with Gasteiger partial charge in [0.05, 0.1) is 5.56 Å². The number of benzene rings is 2. The van der Waals surface area contributed by atoms with Crippen LogP contribution in [-0.2, 0) is 16.1 Å². The van der Waals surface area contributed by atoms with Crippen molar-refractivity contribution in [3.05, 3.63) is 71.0 Å². The fourth-order valence-electron chi connectivity index (χ4n) is 2.02. The number of hydrogen-bond donors (Lipinski definition) is 1. The van der Waals surface area contributed by atoms with Crippen LogP contribution in [0.15, 0.2) is 48.5 Å². The zero-order valence-electron chi connectivity index (χ0n) is 13.0. The van der Waals surface area contributed by atoms with E-state index < -0.39 is 12.1 Å². The lowest BCUT2D eigenvalue weighted by molar-refractivity contribution is -0.119. The van der Waals surface area contributed by atoms with Crippen LogP contribution in [0, 0.1) is 5.82 Å². The molecular formula is C18H18FNO3. The Bertz CT molecular complexity index is 680. The molecule has 2 aromatic rings. The molecule has 0 saturated carbocycles. The van der Waals surface area contributed by atoms with E-state index in [1.165, 1.54) is 19.1 Å². The number of carbonyl (C=O) groups excluding carboxylic acids is 2. The van der Waals surface area contributed by atoms with Crippen molar-refractivity contribution in [3.8, 4) is 0 Å². The van der Waals surface area contributed by atoms with Gasteiger partial charge in [0.1, 0.15) is 11.9 Å². The molecular weight excluding hydrogens is 297 g/mol. The summed E-state index contributed by atoms with van der Waals surface area (Å²) in [5.41, 5.74) is 2.04. The zero-order valence-corrected chi connectivity index (χ0v) is 13.0. The van der Waals surface area contributed by atoms with Crippen molar-refractivity contribution in [1.82, 2.24) is 5.32 Å². The summed E-state index contributed by atoms with van der Waals surface area (Å²) in [6.45, 7) is 3.59. The second-order valence-corrected chi connectivity index (χ2v) is 5.21. The molecule has 1 amide bonds. The number of rotatable bonds is 5. The Morgan fingerprint density at radius 3 is 2.26 bits per heavy atom. The molecule has 0 spiro atoms. The summed E-state index contributed by atoms with van der Waals surface area (Å²) in [5, 5.41) is 2.68. The molecule has 0 fully saturated rings. The quantitative estimate of drug-likeness (QED) is 0.861. The Kier molecular flexibility index (Phi) is 5.46. The van der Waals surface area contributed by atoms with Crippen LogP contribution in [0.1, 0.15) is 41.4 Å². The summed E-state index contributed by atoms with van der Waals surface area (Å²) in [6.07, 6.45) is -0.470. The molecule has 4 nitrogen and oxygen atoms in total. The largest absolute Gasteiger partial charge is 0.454 e. The predicted molar refractivity (Wildman–Crippen MR) is 84.2 cm³/mol.